The Morgan fingerprint density at radius 3 is 2.69 bits per heavy atom. The monoisotopic (exact) mass is 356 g/mol. The van der Waals surface area contributed by atoms with Gasteiger partial charge in [-0.3, -0.25) is 4.79 Å². The number of carbonyl (C=O) groups is 1. The van der Waals surface area contributed by atoms with Gasteiger partial charge in [0.1, 0.15) is 11.6 Å². The zero-order chi connectivity index (χ0) is 18.4. The van der Waals surface area contributed by atoms with Crippen LogP contribution in [0.3, 0.4) is 0 Å². The number of piperazine rings is 1. The Morgan fingerprint density at radius 2 is 1.96 bits per heavy atom. The van der Waals surface area contributed by atoms with Gasteiger partial charge in [-0.05, 0) is 30.7 Å². The SMILES string of the molecule is CCCCNc1cc(C(=O)N2CCN(c3ccccc3F)CC2)ccn1. The number of hydrogen-bond donors (Lipinski definition) is 1. The van der Waals surface area contributed by atoms with E-state index in [1.165, 1.54) is 6.07 Å². The number of unbranched alkanes of at least 4 members (excludes halogenated alkanes) is 1. The fourth-order valence-electron chi connectivity index (χ4n) is 3.09. The minimum Gasteiger partial charge on any atom is -0.370 e. The van der Waals surface area contributed by atoms with Crippen molar-refractivity contribution in [1.82, 2.24) is 9.88 Å². The van der Waals surface area contributed by atoms with Crippen LogP contribution >= 0.6 is 0 Å². The quantitative estimate of drug-likeness (QED) is 0.806. The standard InChI is InChI=1S/C20H25FN4O/c1-2-3-9-22-19-15-16(8-10-23-19)20(26)25-13-11-24(12-14-25)18-7-5-4-6-17(18)21/h4-8,10,15H,2-3,9,11-14H2,1H3,(H,22,23). The van der Waals surface area contributed by atoms with E-state index in [9.17, 15) is 9.18 Å². The molecule has 1 saturated heterocycles. The number of hydrogen-bond acceptors (Lipinski definition) is 4. The third-order valence-corrected chi connectivity index (χ3v) is 4.60. The van der Waals surface area contributed by atoms with Crippen LogP contribution < -0.4 is 10.2 Å². The minimum absolute atomic E-state index is 0.000810. The van der Waals surface area contributed by atoms with Crippen molar-refractivity contribution in [2.24, 2.45) is 0 Å². The van der Waals surface area contributed by atoms with E-state index < -0.39 is 0 Å². The third-order valence-electron chi connectivity index (χ3n) is 4.60. The molecule has 1 aliphatic rings. The summed E-state index contributed by atoms with van der Waals surface area (Å²) in [7, 11) is 0. The Kier molecular flexibility index (Phi) is 6.04. The zero-order valence-electron chi connectivity index (χ0n) is 15.1. The van der Waals surface area contributed by atoms with Crippen LogP contribution in [-0.4, -0.2) is 48.5 Å². The van der Waals surface area contributed by atoms with Crippen molar-refractivity contribution in [3.8, 4) is 0 Å². The number of carbonyl (C=O) groups excluding carboxylic acids is 1. The van der Waals surface area contributed by atoms with E-state index in [4.69, 9.17) is 0 Å². The highest BCUT2D eigenvalue weighted by Crippen LogP contribution is 2.21. The predicted molar refractivity (Wildman–Crippen MR) is 102 cm³/mol. The number of para-hydroxylation sites is 1. The van der Waals surface area contributed by atoms with Gasteiger partial charge in [-0.1, -0.05) is 25.5 Å². The molecule has 0 aliphatic carbocycles. The van der Waals surface area contributed by atoms with E-state index in [-0.39, 0.29) is 11.7 Å². The molecule has 0 atom stereocenters. The highest BCUT2D eigenvalue weighted by Gasteiger charge is 2.23. The lowest BCUT2D eigenvalue weighted by Gasteiger charge is -2.36. The Morgan fingerprint density at radius 1 is 1.19 bits per heavy atom. The van der Waals surface area contributed by atoms with Gasteiger partial charge >= 0.3 is 0 Å². The molecular formula is C20H25FN4O. The van der Waals surface area contributed by atoms with E-state index in [1.807, 2.05) is 15.9 Å². The Bertz CT molecular complexity index is 744. The summed E-state index contributed by atoms with van der Waals surface area (Å²) in [5, 5.41) is 3.25. The summed E-state index contributed by atoms with van der Waals surface area (Å²) < 4.78 is 13.9. The zero-order valence-corrected chi connectivity index (χ0v) is 15.1. The first-order chi connectivity index (χ1) is 12.7. The summed E-state index contributed by atoms with van der Waals surface area (Å²) in [6, 6.07) is 10.3. The van der Waals surface area contributed by atoms with Crippen LogP contribution in [0, 0.1) is 5.82 Å². The molecule has 5 nitrogen and oxygen atoms in total. The first-order valence-corrected chi connectivity index (χ1v) is 9.17. The largest absolute Gasteiger partial charge is 0.370 e. The number of nitrogens with one attached hydrogen (secondary N) is 1. The fourth-order valence-corrected chi connectivity index (χ4v) is 3.09. The molecule has 1 aromatic heterocycles. The van der Waals surface area contributed by atoms with Crippen LogP contribution in [0.2, 0.25) is 0 Å². The van der Waals surface area contributed by atoms with Gasteiger partial charge in [-0.2, -0.15) is 0 Å². The molecule has 1 fully saturated rings. The van der Waals surface area contributed by atoms with E-state index >= 15 is 0 Å². The Hall–Kier alpha value is -2.63. The second kappa shape index (κ2) is 8.65. The normalized spacial score (nSPS) is 14.4. The lowest BCUT2D eigenvalue weighted by Crippen LogP contribution is -2.49. The van der Waals surface area contributed by atoms with Gasteiger partial charge in [0.25, 0.3) is 5.91 Å². The molecule has 2 aromatic rings. The first kappa shape index (κ1) is 18.2. The molecule has 0 unspecified atom stereocenters. The average Bonchev–Trinajstić information content (AvgIpc) is 2.68. The lowest BCUT2D eigenvalue weighted by molar-refractivity contribution is 0.0746. The fraction of sp³-hybridized carbons (Fsp3) is 0.400. The minimum atomic E-state index is -0.218. The highest BCUT2D eigenvalue weighted by atomic mass is 19.1. The number of rotatable bonds is 6. The third kappa shape index (κ3) is 4.31. The van der Waals surface area contributed by atoms with E-state index in [0.29, 0.717) is 37.4 Å². The van der Waals surface area contributed by atoms with Gasteiger partial charge in [-0.15, -0.1) is 0 Å². The molecule has 0 spiro atoms. The van der Waals surface area contributed by atoms with E-state index in [1.54, 1.807) is 30.5 Å². The van der Waals surface area contributed by atoms with Crippen LogP contribution in [0.15, 0.2) is 42.6 Å². The number of halogens is 1. The summed E-state index contributed by atoms with van der Waals surface area (Å²) in [5.41, 5.74) is 1.24. The number of benzene rings is 1. The second-order valence-corrected chi connectivity index (χ2v) is 6.44. The van der Waals surface area contributed by atoms with Gasteiger partial charge in [0.05, 0.1) is 5.69 Å². The topological polar surface area (TPSA) is 48.5 Å². The maximum absolute atomic E-state index is 13.9. The number of anilines is 2. The summed E-state index contributed by atoms with van der Waals surface area (Å²) >= 11 is 0. The van der Waals surface area contributed by atoms with Crippen molar-refractivity contribution in [3.05, 3.63) is 54.0 Å². The van der Waals surface area contributed by atoms with Gasteiger partial charge in [0.2, 0.25) is 0 Å². The predicted octanol–water partition coefficient (Wildman–Crippen LogP) is 3.40. The molecule has 1 N–H and O–H groups in total. The summed E-state index contributed by atoms with van der Waals surface area (Å²) in [5.74, 6) is 0.512. The van der Waals surface area contributed by atoms with Crippen molar-refractivity contribution < 1.29 is 9.18 Å². The van der Waals surface area contributed by atoms with Gasteiger partial charge < -0.3 is 15.1 Å². The maximum atomic E-state index is 13.9. The maximum Gasteiger partial charge on any atom is 0.254 e. The smallest absolute Gasteiger partial charge is 0.254 e. The molecule has 26 heavy (non-hydrogen) atoms. The molecule has 2 heterocycles. The molecule has 3 rings (SSSR count). The summed E-state index contributed by atoms with van der Waals surface area (Å²) in [6.07, 6.45) is 3.84. The first-order valence-electron chi connectivity index (χ1n) is 9.17. The van der Waals surface area contributed by atoms with Gasteiger partial charge in [0.15, 0.2) is 0 Å². The number of amides is 1. The molecular weight excluding hydrogens is 331 g/mol. The Labute approximate surface area is 153 Å². The molecule has 0 saturated carbocycles. The molecule has 1 amide bonds. The Balaban J connectivity index is 1.60. The van der Waals surface area contributed by atoms with Gasteiger partial charge in [0, 0.05) is 44.5 Å². The van der Waals surface area contributed by atoms with Crippen LogP contribution in [0.25, 0.3) is 0 Å². The van der Waals surface area contributed by atoms with E-state index in [2.05, 4.69) is 17.2 Å². The molecule has 138 valence electrons. The van der Waals surface area contributed by atoms with E-state index in [0.717, 1.165) is 25.2 Å². The average molecular weight is 356 g/mol. The number of pyridine rings is 1. The van der Waals surface area contributed by atoms with Crippen LogP contribution in [0.5, 0.6) is 0 Å². The second-order valence-electron chi connectivity index (χ2n) is 6.44. The van der Waals surface area contributed by atoms with Crippen molar-refractivity contribution in [3.63, 3.8) is 0 Å². The summed E-state index contributed by atoms with van der Waals surface area (Å²) in [6.45, 7) is 5.39. The molecule has 0 bridgehead atoms. The number of nitrogens with zero attached hydrogens (tertiary/aromatic N) is 3. The van der Waals surface area contributed by atoms with Crippen molar-refractivity contribution in [2.75, 3.05) is 42.9 Å². The summed E-state index contributed by atoms with van der Waals surface area (Å²) in [4.78, 5) is 20.8. The molecule has 0 radical (unpaired) electrons. The molecule has 1 aliphatic heterocycles. The van der Waals surface area contributed by atoms with Crippen molar-refractivity contribution >= 4 is 17.4 Å². The van der Waals surface area contributed by atoms with Crippen LogP contribution in [-0.2, 0) is 0 Å². The molecule has 6 heteroatoms. The van der Waals surface area contributed by atoms with Gasteiger partial charge in [-0.25, -0.2) is 9.37 Å². The van der Waals surface area contributed by atoms with Crippen molar-refractivity contribution in [2.45, 2.75) is 19.8 Å². The van der Waals surface area contributed by atoms with Crippen LogP contribution in [0.1, 0.15) is 30.1 Å². The van der Waals surface area contributed by atoms with Crippen molar-refractivity contribution in [1.29, 1.82) is 0 Å². The van der Waals surface area contributed by atoms with Crippen LogP contribution in [0.4, 0.5) is 15.9 Å². The molecule has 1 aromatic carbocycles. The number of aromatic nitrogens is 1. The lowest BCUT2D eigenvalue weighted by atomic mass is 10.2. The highest BCUT2D eigenvalue weighted by molar-refractivity contribution is 5.95.